The van der Waals surface area contributed by atoms with Crippen LogP contribution in [0.4, 0.5) is 4.79 Å². The average Bonchev–Trinajstić information content (AvgIpc) is 2.26. The molecule has 1 rings (SSSR count). The van der Waals surface area contributed by atoms with Crippen molar-refractivity contribution in [2.45, 2.75) is 38.5 Å². The molecule has 0 saturated heterocycles. The van der Waals surface area contributed by atoms with Gasteiger partial charge in [-0.15, -0.1) is 0 Å². The monoisotopic (exact) mass is 229 g/mol. The van der Waals surface area contributed by atoms with Crippen LogP contribution in [-0.4, -0.2) is 30.8 Å². The third-order valence-corrected chi connectivity index (χ3v) is 3.23. The van der Waals surface area contributed by atoms with Crippen molar-refractivity contribution in [1.82, 2.24) is 5.32 Å². The highest BCUT2D eigenvalue weighted by Crippen LogP contribution is 2.38. The maximum atomic E-state index is 11.0. The minimum Gasteiger partial charge on any atom is -0.481 e. The molecule has 1 amide bonds. The van der Waals surface area contributed by atoms with E-state index in [0.29, 0.717) is 6.54 Å². The van der Waals surface area contributed by atoms with Gasteiger partial charge in [-0.2, -0.15) is 0 Å². The van der Waals surface area contributed by atoms with Crippen LogP contribution in [0.3, 0.4) is 0 Å². The standard InChI is InChI=1S/C11H19NO4/c1-16-10(15)12-8-11(7-9(13)14)5-3-2-4-6-11/h2-8H2,1H3,(H,12,15)(H,13,14). The first kappa shape index (κ1) is 12.8. The van der Waals surface area contributed by atoms with Crippen LogP contribution in [0.2, 0.25) is 0 Å². The maximum absolute atomic E-state index is 11.0. The number of hydrogen-bond acceptors (Lipinski definition) is 3. The number of carbonyl (C=O) groups excluding carboxylic acids is 1. The number of hydrogen-bond donors (Lipinski definition) is 2. The van der Waals surface area contributed by atoms with Gasteiger partial charge in [0, 0.05) is 6.54 Å². The molecule has 5 nitrogen and oxygen atoms in total. The molecule has 1 saturated carbocycles. The van der Waals surface area contributed by atoms with Gasteiger partial charge in [-0.3, -0.25) is 4.79 Å². The van der Waals surface area contributed by atoms with Gasteiger partial charge < -0.3 is 15.2 Å². The molecule has 0 aromatic heterocycles. The van der Waals surface area contributed by atoms with Gasteiger partial charge in [0.15, 0.2) is 0 Å². The molecule has 1 fully saturated rings. The van der Waals surface area contributed by atoms with E-state index in [1.165, 1.54) is 7.11 Å². The van der Waals surface area contributed by atoms with E-state index >= 15 is 0 Å². The molecule has 0 atom stereocenters. The number of carbonyl (C=O) groups is 2. The third kappa shape index (κ3) is 3.72. The Hall–Kier alpha value is -1.26. The molecule has 0 aromatic carbocycles. The Morgan fingerprint density at radius 2 is 1.94 bits per heavy atom. The summed E-state index contributed by atoms with van der Waals surface area (Å²) < 4.78 is 4.49. The molecule has 1 aliphatic rings. The second-order valence-corrected chi connectivity index (χ2v) is 4.48. The Kier molecular flexibility index (Phi) is 4.58. The lowest BCUT2D eigenvalue weighted by Crippen LogP contribution is -2.40. The van der Waals surface area contributed by atoms with Crippen LogP contribution in [-0.2, 0) is 9.53 Å². The number of nitrogens with one attached hydrogen (secondary N) is 1. The second kappa shape index (κ2) is 5.72. The predicted molar refractivity (Wildman–Crippen MR) is 58.2 cm³/mol. The third-order valence-electron chi connectivity index (χ3n) is 3.23. The van der Waals surface area contributed by atoms with Crippen molar-refractivity contribution in [1.29, 1.82) is 0 Å². The van der Waals surface area contributed by atoms with Crippen molar-refractivity contribution < 1.29 is 19.4 Å². The van der Waals surface area contributed by atoms with Gasteiger partial charge in [0.05, 0.1) is 13.5 Å². The lowest BCUT2D eigenvalue weighted by molar-refractivity contribution is -0.140. The van der Waals surface area contributed by atoms with Crippen molar-refractivity contribution >= 4 is 12.1 Å². The molecular formula is C11H19NO4. The van der Waals surface area contributed by atoms with Gasteiger partial charge in [-0.25, -0.2) is 4.79 Å². The molecule has 1 aliphatic carbocycles. The fourth-order valence-electron chi connectivity index (χ4n) is 2.37. The highest BCUT2D eigenvalue weighted by atomic mass is 16.5. The summed E-state index contributed by atoms with van der Waals surface area (Å²) >= 11 is 0. The first-order valence-corrected chi connectivity index (χ1v) is 5.62. The largest absolute Gasteiger partial charge is 0.481 e. The number of amides is 1. The van der Waals surface area contributed by atoms with Crippen LogP contribution < -0.4 is 5.32 Å². The van der Waals surface area contributed by atoms with E-state index in [1.807, 2.05) is 0 Å². The molecular weight excluding hydrogens is 210 g/mol. The van der Waals surface area contributed by atoms with Gasteiger partial charge >= 0.3 is 12.1 Å². The van der Waals surface area contributed by atoms with Crippen LogP contribution in [0.25, 0.3) is 0 Å². The molecule has 0 aliphatic heterocycles. The van der Waals surface area contributed by atoms with E-state index in [4.69, 9.17) is 5.11 Å². The van der Waals surface area contributed by atoms with E-state index in [1.54, 1.807) is 0 Å². The summed E-state index contributed by atoms with van der Waals surface area (Å²) in [6.07, 6.45) is 4.59. The molecule has 0 heterocycles. The predicted octanol–water partition coefficient (Wildman–Crippen LogP) is 1.77. The molecule has 0 bridgehead atoms. The number of carboxylic acids is 1. The number of methoxy groups -OCH3 is 1. The number of ether oxygens (including phenoxy) is 1. The van der Waals surface area contributed by atoms with Crippen molar-refractivity contribution in [2.75, 3.05) is 13.7 Å². The SMILES string of the molecule is COC(=O)NCC1(CC(=O)O)CCCCC1. The van der Waals surface area contributed by atoms with E-state index in [0.717, 1.165) is 32.1 Å². The highest BCUT2D eigenvalue weighted by molar-refractivity contribution is 5.69. The zero-order valence-corrected chi connectivity index (χ0v) is 9.62. The first-order valence-electron chi connectivity index (χ1n) is 5.62. The Balaban J connectivity index is 2.55. The summed E-state index contributed by atoms with van der Waals surface area (Å²) in [6.45, 7) is 0.395. The number of alkyl carbamates (subject to hydrolysis) is 1. The smallest absolute Gasteiger partial charge is 0.406 e. The summed E-state index contributed by atoms with van der Waals surface area (Å²) in [6, 6.07) is 0. The topological polar surface area (TPSA) is 75.6 Å². The van der Waals surface area contributed by atoms with Crippen molar-refractivity contribution in [3.63, 3.8) is 0 Å². The van der Waals surface area contributed by atoms with Crippen molar-refractivity contribution in [3.8, 4) is 0 Å². The van der Waals surface area contributed by atoms with E-state index in [2.05, 4.69) is 10.1 Å². The van der Waals surface area contributed by atoms with Gasteiger partial charge in [-0.1, -0.05) is 19.3 Å². The van der Waals surface area contributed by atoms with Crippen LogP contribution in [0.5, 0.6) is 0 Å². The number of rotatable bonds is 4. The number of aliphatic carboxylic acids is 1. The Morgan fingerprint density at radius 1 is 1.31 bits per heavy atom. The summed E-state index contributed by atoms with van der Waals surface area (Å²) in [5, 5.41) is 11.5. The summed E-state index contributed by atoms with van der Waals surface area (Å²) in [4.78, 5) is 21.8. The molecule has 0 radical (unpaired) electrons. The van der Waals surface area contributed by atoms with Gasteiger partial charge in [0.25, 0.3) is 0 Å². The van der Waals surface area contributed by atoms with Crippen LogP contribution >= 0.6 is 0 Å². The van der Waals surface area contributed by atoms with Gasteiger partial charge in [-0.05, 0) is 18.3 Å². The minimum atomic E-state index is -0.798. The van der Waals surface area contributed by atoms with E-state index in [9.17, 15) is 9.59 Å². The van der Waals surface area contributed by atoms with Crippen molar-refractivity contribution in [2.24, 2.45) is 5.41 Å². The molecule has 2 N–H and O–H groups in total. The fraction of sp³-hybridized carbons (Fsp3) is 0.818. The summed E-state index contributed by atoms with van der Waals surface area (Å²) in [5.74, 6) is -0.798. The molecule has 0 spiro atoms. The number of carboxylic acid groups (broad SMARTS) is 1. The quantitative estimate of drug-likeness (QED) is 0.770. The Morgan fingerprint density at radius 3 is 2.44 bits per heavy atom. The van der Waals surface area contributed by atoms with E-state index in [-0.39, 0.29) is 11.8 Å². The van der Waals surface area contributed by atoms with Gasteiger partial charge in [0.1, 0.15) is 0 Å². The molecule has 5 heteroatoms. The van der Waals surface area contributed by atoms with Crippen LogP contribution in [0.1, 0.15) is 38.5 Å². The zero-order valence-electron chi connectivity index (χ0n) is 9.62. The average molecular weight is 229 g/mol. The highest BCUT2D eigenvalue weighted by Gasteiger charge is 2.34. The molecule has 16 heavy (non-hydrogen) atoms. The second-order valence-electron chi connectivity index (χ2n) is 4.48. The molecule has 0 unspecified atom stereocenters. The summed E-state index contributed by atoms with van der Waals surface area (Å²) in [5.41, 5.74) is -0.279. The minimum absolute atomic E-state index is 0.122. The molecule has 0 aromatic rings. The normalized spacial score (nSPS) is 18.8. The van der Waals surface area contributed by atoms with E-state index < -0.39 is 12.1 Å². The lowest BCUT2D eigenvalue weighted by atomic mass is 9.72. The van der Waals surface area contributed by atoms with Crippen molar-refractivity contribution in [3.05, 3.63) is 0 Å². The summed E-state index contributed by atoms with van der Waals surface area (Å²) in [7, 11) is 1.31. The Labute approximate surface area is 95.2 Å². The van der Waals surface area contributed by atoms with Crippen LogP contribution in [0.15, 0.2) is 0 Å². The fourth-order valence-corrected chi connectivity index (χ4v) is 2.37. The zero-order chi connectivity index (χ0) is 12.0. The Bertz CT molecular complexity index is 259. The van der Waals surface area contributed by atoms with Crippen LogP contribution in [0, 0.1) is 5.41 Å². The first-order chi connectivity index (χ1) is 7.58. The van der Waals surface area contributed by atoms with Gasteiger partial charge in [0.2, 0.25) is 0 Å². The lowest BCUT2D eigenvalue weighted by Gasteiger charge is -2.35. The molecule has 92 valence electrons. The maximum Gasteiger partial charge on any atom is 0.406 e.